The van der Waals surface area contributed by atoms with E-state index in [1.54, 1.807) is 6.20 Å². The van der Waals surface area contributed by atoms with E-state index >= 15 is 0 Å². The van der Waals surface area contributed by atoms with E-state index in [-0.39, 0.29) is 5.82 Å². The molecule has 0 radical (unpaired) electrons. The lowest BCUT2D eigenvalue weighted by molar-refractivity contribution is 0.223. The molecule has 0 amide bonds. The zero-order chi connectivity index (χ0) is 13.7. The van der Waals surface area contributed by atoms with Gasteiger partial charge in [0.2, 0.25) is 0 Å². The summed E-state index contributed by atoms with van der Waals surface area (Å²) in [5.41, 5.74) is 0.871. The minimum absolute atomic E-state index is 0.134. The van der Waals surface area contributed by atoms with E-state index in [0.717, 1.165) is 31.0 Å². The standard InChI is InChI=1S/C16H25FN2/c1-3-12-5-6-13(10-18-4-2)15(9-12)14-7-8-19-11-16(14)17/h7-8,11-13,15,18H,3-6,9-10H2,1-2H3. The molecule has 2 rings (SSSR count). The lowest BCUT2D eigenvalue weighted by atomic mass is 9.70. The maximum Gasteiger partial charge on any atom is 0.144 e. The molecule has 1 aliphatic carbocycles. The number of rotatable bonds is 5. The molecule has 1 aromatic rings. The molecule has 1 fully saturated rings. The molecule has 1 saturated carbocycles. The first-order chi connectivity index (χ1) is 9.26. The van der Waals surface area contributed by atoms with E-state index in [9.17, 15) is 4.39 Å². The van der Waals surface area contributed by atoms with Crippen molar-refractivity contribution in [2.24, 2.45) is 11.8 Å². The van der Waals surface area contributed by atoms with Gasteiger partial charge in [-0.25, -0.2) is 4.39 Å². The smallest absolute Gasteiger partial charge is 0.144 e. The Bertz CT molecular complexity index is 394. The average molecular weight is 264 g/mol. The van der Waals surface area contributed by atoms with Gasteiger partial charge in [0.1, 0.15) is 5.82 Å². The molecular formula is C16H25FN2. The van der Waals surface area contributed by atoms with Crippen molar-refractivity contribution in [3.05, 3.63) is 29.8 Å². The van der Waals surface area contributed by atoms with Gasteiger partial charge in [-0.05, 0) is 55.3 Å². The van der Waals surface area contributed by atoms with Crippen LogP contribution < -0.4 is 5.32 Å². The summed E-state index contributed by atoms with van der Waals surface area (Å²) in [7, 11) is 0. The monoisotopic (exact) mass is 264 g/mol. The summed E-state index contributed by atoms with van der Waals surface area (Å²) >= 11 is 0. The summed E-state index contributed by atoms with van der Waals surface area (Å²) in [6.07, 6.45) is 7.89. The highest BCUT2D eigenvalue weighted by Gasteiger charge is 2.32. The molecule has 0 aliphatic heterocycles. The second-order valence-electron chi connectivity index (χ2n) is 5.66. The Kier molecular flexibility index (Phi) is 5.32. The summed E-state index contributed by atoms with van der Waals surface area (Å²) in [6, 6.07) is 1.87. The van der Waals surface area contributed by atoms with Gasteiger partial charge in [-0.3, -0.25) is 4.98 Å². The first-order valence-corrected chi connectivity index (χ1v) is 7.56. The third kappa shape index (κ3) is 3.53. The molecule has 19 heavy (non-hydrogen) atoms. The minimum Gasteiger partial charge on any atom is -0.317 e. The molecule has 106 valence electrons. The zero-order valence-electron chi connectivity index (χ0n) is 12.0. The van der Waals surface area contributed by atoms with Gasteiger partial charge in [0.25, 0.3) is 0 Å². The van der Waals surface area contributed by atoms with Crippen LogP contribution in [0.3, 0.4) is 0 Å². The van der Waals surface area contributed by atoms with Gasteiger partial charge < -0.3 is 5.32 Å². The summed E-state index contributed by atoms with van der Waals surface area (Å²) in [5.74, 6) is 1.52. The van der Waals surface area contributed by atoms with Crippen LogP contribution in [0.15, 0.2) is 18.5 Å². The van der Waals surface area contributed by atoms with Gasteiger partial charge in [-0.1, -0.05) is 26.7 Å². The molecule has 3 unspecified atom stereocenters. The lowest BCUT2D eigenvalue weighted by Crippen LogP contribution is -2.32. The van der Waals surface area contributed by atoms with Crippen molar-refractivity contribution >= 4 is 0 Å². The highest BCUT2D eigenvalue weighted by atomic mass is 19.1. The molecule has 3 atom stereocenters. The molecule has 0 bridgehead atoms. The quantitative estimate of drug-likeness (QED) is 0.876. The van der Waals surface area contributed by atoms with Gasteiger partial charge in [0.05, 0.1) is 6.20 Å². The molecule has 1 aromatic heterocycles. The predicted molar refractivity (Wildman–Crippen MR) is 76.6 cm³/mol. The highest BCUT2D eigenvalue weighted by molar-refractivity contribution is 5.20. The van der Waals surface area contributed by atoms with Crippen molar-refractivity contribution in [3.63, 3.8) is 0 Å². The molecule has 1 heterocycles. The van der Waals surface area contributed by atoms with Crippen LogP contribution in [0.4, 0.5) is 4.39 Å². The van der Waals surface area contributed by atoms with Crippen LogP contribution in [0, 0.1) is 17.7 Å². The minimum atomic E-state index is -0.134. The van der Waals surface area contributed by atoms with Crippen LogP contribution in [0.1, 0.15) is 51.0 Å². The fraction of sp³-hybridized carbons (Fsp3) is 0.688. The second kappa shape index (κ2) is 6.99. The van der Waals surface area contributed by atoms with E-state index in [1.807, 2.05) is 6.07 Å². The molecule has 1 N–H and O–H groups in total. The predicted octanol–water partition coefficient (Wildman–Crippen LogP) is 3.74. The van der Waals surface area contributed by atoms with Crippen LogP contribution in [0.5, 0.6) is 0 Å². The summed E-state index contributed by atoms with van der Waals surface area (Å²) in [5, 5.41) is 3.43. The number of pyridine rings is 1. The van der Waals surface area contributed by atoms with E-state index in [0.29, 0.717) is 11.8 Å². The van der Waals surface area contributed by atoms with Crippen LogP contribution >= 0.6 is 0 Å². The number of halogens is 1. The fourth-order valence-electron chi connectivity index (χ4n) is 3.33. The SMILES string of the molecule is CCNCC1CCC(CC)CC1c1ccncc1F. The maximum atomic E-state index is 14.0. The van der Waals surface area contributed by atoms with Crippen LogP contribution in [0.2, 0.25) is 0 Å². The van der Waals surface area contributed by atoms with Crippen molar-refractivity contribution in [2.75, 3.05) is 13.1 Å². The first kappa shape index (κ1) is 14.4. The van der Waals surface area contributed by atoms with E-state index in [4.69, 9.17) is 0 Å². The summed E-state index contributed by atoms with van der Waals surface area (Å²) in [6.45, 7) is 6.35. The van der Waals surface area contributed by atoms with Gasteiger partial charge in [0.15, 0.2) is 0 Å². The largest absolute Gasteiger partial charge is 0.317 e. The molecular weight excluding hydrogens is 239 g/mol. The van der Waals surface area contributed by atoms with Gasteiger partial charge in [0, 0.05) is 6.20 Å². The number of nitrogens with zero attached hydrogens (tertiary/aromatic N) is 1. The highest BCUT2D eigenvalue weighted by Crippen LogP contribution is 2.42. The Labute approximate surface area is 115 Å². The molecule has 2 nitrogen and oxygen atoms in total. The second-order valence-corrected chi connectivity index (χ2v) is 5.66. The molecule has 0 saturated heterocycles. The third-order valence-electron chi connectivity index (χ3n) is 4.54. The average Bonchev–Trinajstić information content (AvgIpc) is 2.45. The Morgan fingerprint density at radius 3 is 2.89 bits per heavy atom. The van der Waals surface area contributed by atoms with Crippen molar-refractivity contribution in [2.45, 2.75) is 45.4 Å². The molecule has 0 spiro atoms. The normalized spacial score (nSPS) is 27.4. The van der Waals surface area contributed by atoms with Crippen LogP contribution in [-0.4, -0.2) is 18.1 Å². The van der Waals surface area contributed by atoms with Crippen LogP contribution in [-0.2, 0) is 0 Å². The molecule has 1 aliphatic rings. The summed E-state index contributed by atoms with van der Waals surface area (Å²) in [4.78, 5) is 3.88. The number of nitrogens with one attached hydrogen (secondary N) is 1. The van der Waals surface area contributed by atoms with E-state index < -0.39 is 0 Å². The van der Waals surface area contributed by atoms with Crippen molar-refractivity contribution in [3.8, 4) is 0 Å². The van der Waals surface area contributed by atoms with E-state index in [2.05, 4.69) is 24.1 Å². The van der Waals surface area contributed by atoms with E-state index in [1.165, 1.54) is 25.5 Å². The maximum absolute atomic E-state index is 14.0. The Morgan fingerprint density at radius 2 is 2.21 bits per heavy atom. The Hall–Kier alpha value is -0.960. The molecule has 3 heteroatoms. The van der Waals surface area contributed by atoms with Crippen molar-refractivity contribution in [1.82, 2.24) is 10.3 Å². The number of hydrogen-bond donors (Lipinski definition) is 1. The zero-order valence-corrected chi connectivity index (χ0v) is 12.0. The number of hydrogen-bond acceptors (Lipinski definition) is 2. The fourth-order valence-corrected chi connectivity index (χ4v) is 3.33. The lowest BCUT2D eigenvalue weighted by Gasteiger charge is -2.36. The van der Waals surface area contributed by atoms with Crippen LogP contribution in [0.25, 0.3) is 0 Å². The molecule has 0 aromatic carbocycles. The van der Waals surface area contributed by atoms with Gasteiger partial charge >= 0.3 is 0 Å². The topological polar surface area (TPSA) is 24.9 Å². The number of aromatic nitrogens is 1. The third-order valence-corrected chi connectivity index (χ3v) is 4.54. The van der Waals surface area contributed by atoms with Gasteiger partial charge in [-0.15, -0.1) is 0 Å². The Balaban J connectivity index is 2.17. The summed E-state index contributed by atoms with van der Waals surface area (Å²) < 4.78 is 14.0. The first-order valence-electron chi connectivity index (χ1n) is 7.56. The Morgan fingerprint density at radius 1 is 1.37 bits per heavy atom. The van der Waals surface area contributed by atoms with Gasteiger partial charge in [-0.2, -0.15) is 0 Å². The van der Waals surface area contributed by atoms with Crippen molar-refractivity contribution in [1.29, 1.82) is 0 Å². The van der Waals surface area contributed by atoms with Crippen molar-refractivity contribution < 1.29 is 4.39 Å².